The van der Waals surface area contributed by atoms with Gasteiger partial charge in [0.05, 0.1) is 6.04 Å². The third-order valence-corrected chi connectivity index (χ3v) is 3.29. The van der Waals surface area contributed by atoms with Gasteiger partial charge in [0, 0.05) is 19.5 Å². The summed E-state index contributed by atoms with van der Waals surface area (Å²) in [6.45, 7) is 2.06. The zero-order valence-electron chi connectivity index (χ0n) is 9.81. The van der Waals surface area contributed by atoms with Crippen molar-refractivity contribution in [3.8, 4) is 0 Å². The standard InChI is InChI=1S/C13H18N2O/c1-9-4-3-5-10(8-9)13-11(14)6-7-12(16)15(13)2/h3-5,8,11,13H,6-7,14H2,1-2H3. The third-order valence-electron chi connectivity index (χ3n) is 3.29. The number of amides is 1. The number of piperidine rings is 1. The van der Waals surface area contributed by atoms with E-state index < -0.39 is 0 Å². The van der Waals surface area contributed by atoms with Crippen LogP contribution in [0.2, 0.25) is 0 Å². The van der Waals surface area contributed by atoms with Crippen molar-refractivity contribution in [2.75, 3.05) is 7.05 Å². The Morgan fingerprint density at radius 3 is 2.88 bits per heavy atom. The molecule has 0 aliphatic carbocycles. The van der Waals surface area contributed by atoms with Crippen molar-refractivity contribution in [1.29, 1.82) is 0 Å². The number of carbonyl (C=O) groups excluding carboxylic acids is 1. The van der Waals surface area contributed by atoms with E-state index in [0.717, 1.165) is 12.0 Å². The fourth-order valence-electron chi connectivity index (χ4n) is 2.39. The molecule has 0 aromatic heterocycles. The SMILES string of the molecule is Cc1cccc(C2C(N)CCC(=O)N2C)c1. The Morgan fingerprint density at radius 1 is 1.44 bits per heavy atom. The molecule has 2 N–H and O–H groups in total. The average Bonchev–Trinajstić information content (AvgIpc) is 2.24. The third kappa shape index (κ3) is 1.95. The first-order chi connectivity index (χ1) is 7.59. The summed E-state index contributed by atoms with van der Waals surface area (Å²) in [4.78, 5) is 13.5. The minimum absolute atomic E-state index is 0.0288. The first-order valence-corrected chi connectivity index (χ1v) is 5.67. The number of likely N-dealkylation sites (tertiary alicyclic amines) is 1. The number of benzene rings is 1. The minimum Gasteiger partial charge on any atom is -0.337 e. The molecule has 2 unspecified atom stereocenters. The maximum absolute atomic E-state index is 11.7. The van der Waals surface area contributed by atoms with Crippen LogP contribution in [0.5, 0.6) is 0 Å². The van der Waals surface area contributed by atoms with Crippen LogP contribution >= 0.6 is 0 Å². The Balaban J connectivity index is 2.33. The number of aryl methyl sites for hydroxylation is 1. The zero-order valence-corrected chi connectivity index (χ0v) is 9.81. The lowest BCUT2D eigenvalue weighted by Crippen LogP contribution is -2.46. The summed E-state index contributed by atoms with van der Waals surface area (Å²) in [5, 5.41) is 0. The Labute approximate surface area is 96.2 Å². The Hall–Kier alpha value is -1.35. The van der Waals surface area contributed by atoms with Crippen LogP contribution in [0.1, 0.15) is 30.0 Å². The summed E-state index contributed by atoms with van der Waals surface area (Å²) in [5.41, 5.74) is 8.47. The second kappa shape index (κ2) is 4.26. The summed E-state index contributed by atoms with van der Waals surface area (Å²) in [7, 11) is 1.84. The van der Waals surface area contributed by atoms with Crippen molar-refractivity contribution >= 4 is 5.91 Å². The summed E-state index contributed by atoms with van der Waals surface area (Å²) in [6, 6.07) is 8.31. The van der Waals surface area contributed by atoms with Gasteiger partial charge in [0.15, 0.2) is 0 Å². The molecule has 1 aliphatic rings. The fourth-order valence-corrected chi connectivity index (χ4v) is 2.39. The molecule has 0 radical (unpaired) electrons. The van der Waals surface area contributed by atoms with Crippen molar-refractivity contribution in [1.82, 2.24) is 4.90 Å². The molecule has 3 heteroatoms. The molecule has 0 saturated carbocycles. The van der Waals surface area contributed by atoms with Crippen molar-refractivity contribution in [2.24, 2.45) is 5.73 Å². The van der Waals surface area contributed by atoms with Gasteiger partial charge in [-0.25, -0.2) is 0 Å². The second-order valence-electron chi connectivity index (χ2n) is 4.57. The molecule has 1 aromatic carbocycles. The molecule has 1 fully saturated rings. The largest absolute Gasteiger partial charge is 0.337 e. The van der Waals surface area contributed by atoms with Crippen molar-refractivity contribution < 1.29 is 4.79 Å². The predicted molar refractivity (Wildman–Crippen MR) is 63.9 cm³/mol. The molecular formula is C13H18N2O. The van der Waals surface area contributed by atoms with Crippen LogP contribution in [-0.4, -0.2) is 23.9 Å². The molecule has 16 heavy (non-hydrogen) atoms. The van der Waals surface area contributed by atoms with Crippen LogP contribution in [0.4, 0.5) is 0 Å². The number of likely N-dealkylation sites (N-methyl/N-ethyl adjacent to an activating group) is 1. The number of nitrogens with two attached hydrogens (primary N) is 1. The second-order valence-corrected chi connectivity index (χ2v) is 4.57. The molecule has 3 nitrogen and oxygen atoms in total. The van der Waals surface area contributed by atoms with E-state index in [-0.39, 0.29) is 18.0 Å². The van der Waals surface area contributed by atoms with Crippen LogP contribution in [0, 0.1) is 6.92 Å². The lowest BCUT2D eigenvalue weighted by molar-refractivity contribution is -0.135. The Kier molecular flexibility index (Phi) is 2.97. The molecule has 0 bridgehead atoms. The van der Waals surface area contributed by atoms with E-state index in [1.165, 1.54) is 5.56 Å². The van der Waals surface area contributed by atoms with Gasteiger partial charge in [0.1, 0.15) is 0 Å². The van der Waals surface area contributed by atoms with Crippen LogP contribution in [0.3, 0.4) is 0 Å². The summed E-state index contributed by atoms with van der Waals surface area (Å²) < 4.78 is 0. The van der Waals surface area contributed by atoms with E-state index in [2.05, 4.69) is 19.1 Å². The summed E-state index contributed by atoms with van der Waals surface area (Å²) >= 11 is 0. The molecule has 0 spiro atoms. The highest BCUT2D eigenvalue weighted by atomic mass is 16.2. The number of hydrogen-bond donors (Lipinski definition) is 1. The average molecular weight is 218 g/mol. The highest BCUT2D eigenvalue weighted by Crippen LogP contribution is 2.29. The Morgan fingerprint density at radius 2 is 2.19 bits per heavy atom. The van der Waals surface area contributed by atoms with Gasteiger partial charge < -0.3 is 10.6 Å². The van der Waals surface area contributed by atoms with Gasteiger partial charge in [-0.3, -0.25) is 4.79 Å². The summed E-state index contributed by atoms with van der Waals surface area (Å²) in [6.07, 6.45) is 1.35. The van der Waals surface area contributed by atoms with E-state index in [1.54, 1.807) is 4.90 Å². The first-order valence-electron chi connectivity index (χ1n) is 5.67. The van der Waals surface area contributed by atoms with Gasteiger partial charge in [-0.1, -0.05) is 29.8 Å². The smallest absolute Gasteiger partial charge is 0.222 e. The van der Waals surface area contributed by atoms with Gasteiger partial charge in [-0.05, 0) is 18.9 Å². The Bertz CT molecular complexity index is 403. The molecule has 2 rings (SSSR count). The number of hydrogen-bond acceptors (Lipinski definition) is 2. The molecule has 86 valence electrons. The molecule has 1 aromatic rings. The lowest BCUT2D eigenvalue weighted by atomic mass is 9.90. The number of rotatable bonds is 1. The van der Waals surface area contributed by atoms with Crippen LogP contribution in [-0.2, 0) is 4.79 Å². The fraction of sp³-hybridized carbons (Fsp3) is 0.462. The highest BCUT2D eigenvalue weighted by molar-refractivity contribution is 5.77. The normalized spacial score (nSPS) is 25.9. The van der Waals surface area contributed by atoms with Crippen LogP contribution < -0.4 is 5.73 Å². The van der Waals surface area contributed by atoms with Crippen LogP contribution in [0.25, 0.3) is 0 Å². The van der Waals surface area contributed by atoms with Gasteiger partial charge >= 0.3 is 0 Å². The lowest BCUT2D eigenvalue weighted by Gasteiger charge is -2.37. The summed E-state index contributed by atoms with van der Waals surface area (Å²) in [5.74, 6) is 0.188. The van der Waals surface area contributed by atoms with Crippen molar-refractivity contribution in [3.63, 3.8) is 0 Å². The van der Waals surface area contributed by atoms with E-state index in [9.17, 15) is 4.79 Å². The molecule has 1 aliphatic heterocycles. The van der Waals surface area contributed by atoms with Crippen LogP contribution in [0.15, 0.2) is 24.3 Å². The molecule has 2 atom stereocenters. The molecule has 1 amide bonds. The van der Waals surface area contributed by atoms with Gasteiger partial charge in [-0.15, -0.1) is 0 Å². The first kappa shape index (κ1) is 11.1. The van der Waals surface area contributed by atoms with Crippen molar-refractivity contribution in [2.45, 2.75) is 31.8 Å². The number of nitrogens with zero attached hydrogens (tertiary/aromatic N) is 1. The topological polar surface area (TPSA) is 46.3 Å². The minimum atomic E-state index is 0.0288. The quantitative estimate of drug-likeness (QED) is 0.778. The van der Waals surface area contributed by atoms with Gasteiger partial charge in [0.2, 0.25) is 5.91 Å². The van der Waals surface area contributed by atoms with E-state index in [1.807, 2.05) is 19.2 Å². The van der Waals surface area contributed by atoms with Gasteiger partial charge in [-0.2, -0.15) is 0 Å². The van der Waals surface area contributed by atoms with E-state index in [0.29, 0.717) is 6.42 Å². The predicted octanol–water partition coefficient (Wildman–Crippen LogP) is 1.62. The highest BCUT2D eigenvalue weighted by Gasteiger charge is 2.32. The number of carbonyl (C=O) groups is 1. The van der Waals surface area contributed by atoms with E-state index >= 15 is 0 Å². The van der Waals surface area contributed by atoms with Gasteiger partial charge in [0.25, 0.3) is 0 Å². The van der Waals surface area contributed by atoms with E-state index in [4.69, 9.17) is 5.73 Å². The monoisotopic (exact) mass is 218 g/mol. The molecular weight excluding hydrogens is 200 g/mol. The molecule has 1 saturated heterocycles. The maximum Gasteiger partial charge on any atom is 0.222 e. The maximum atomic E-state index is 11.7. The van der Waals surface area contributed by atoms with Crippen molar-refractivity contribution in [3.05, 3.63) is 35.4 Å². The zero-order chi connectivity index (χ0) is 11.7. The molecule has 1 heterocycles.